The zero-order chi connectivity index (χ0) is 33.7. The van der Waals surface area contributed by atoms with E-state index in [0.29, 0.717) is 0 Å². The van der Waals surface area contributed by atoms with Crippen molar-refractivity contribution in [3.05, 3.63) is 194 Å². The first-order chi connectivity index (χ1) is 25.3. The Bertz CT molecular complexity index is 2700. The Hall–Kier alpha value is -6.70. The second kappa shape index (κ2) is 12.0. The van der Waals surface area contributed by atoms with Crippen molar-refractivity contribution in [1.29, 1.82) is 0 Å². The highest BCUT2D eigenvalue weighted by molar-refractivity contribution is 6.22. The molecule has 0 aromatic heterocycles. The molecule has 0 radical (unpaired) electrons. The van der Waals surface area contributed by atoms with E-state index in [1.807, 2.05) is 0 Å². The molecule has 0 saturated carbocycles. The number of benzene rings is 9. The molecule has 1 heterocycles. The van der Waals surface area contributed by atoms with E-state index in [2.05, 4.69) is 194 Å². The Morgan fingerprint density at radius 3 is 1.39 bits per heavy atom. The summed E-state index contributed by atoms with van der Waals surface area (Å²) in [5, 5.41) is 4.81. The van der Waals surface area contributed by atoms with Gasteiger partial charge >= 0.3 is 0 Å². The fourth-order valence-corrected chi connectivity index (χ4v) is 7.83. The molecular weight excluding hydrogens is 617 g/mol. The highest BCUT2D eigenvalue weighted by Crippen LogP contribution is 2.53. The number of fused-ring (bicyclic) bond motifs is 4. The van der Waals surface area contributed by atoms with E-state index in [-0.39, 0.29) is 0 Å². The van der Waals surface area contributed by atoms with Crippen molar-refractivity contribution in [3.8, 4) is 78.3 Å². The van der Waals surface area contributed by atoms with Crippen molar-refractivity contribution in [3.63, 3.8) is 0 Å². The minimum Gasteiger partial charge on any atom is -0.455 e. The number of hydrogen-bond donors (Lipinski definition) is 0. The third-order valence-electron chi connectivity index (χ3n) is 10.2. The number of para-hydroxylation sites is 1. The number of rotatable bonds is 5. The number of hydrogen-bond acceptors (Lipinski definition) is 1. The first-order valence-corrected chi connectivity index (χ1v) is 17.5. The summed E-state index contributed by atoms with van der Waals surface area (Å²) in [4.78, 5) is 0. The lowest BCUT2D eigenvalue weighted by molar-refractivity contribution is 0.489. The van der Waals surface area contributed by atoms with E-state index in [1.54, 1.807) is 0 Å². The maximum atomic E-state index is 6.86. The van der Waals surface area contributed by atoms with E-state index < -0.39 is 0 Å². The molecule has 0 spiro atoms. The van der Waals surface area contributed by atoms with Gasteiger partial charge < -0.3 is 4.74 Å². The SMILES string of the molecule is c1ccc(-c2cc(-c3ccccc3)cc(-c3cccc(-c4cccc(-c5c6c7c(cccc7c7ccccc57)-c5ccccc5O6)c4)c3)c2)cc1. The lowest BCUT2D eigenvalue weighted by atomic mass is 9.86. The molecule has 10 rings (SSSR count). The van der Waals surface area contributed by atoms with Gasteiger partial charge in [-0.2, -0.15) is 0 Å². The van der Waals surface area contributed by atoms with Crippen molar-refractivity contribution in [2.45, 2.75) is 0 Å². The molecule has 51 heavy (non-hydrogen) atoms. The fraction of sp³-hybridized carbons (Fsp3) is 0. The summed E-state index contributed by atoms with van der Waals surface area (Å²) in [6, 6.07) is 69.9. The summed E-state index contributed by atoms with van der Waals surface area (Å²) in [5.41, 5.74) is 14.2. The van der Waals surface area contributed by atoms with Crippen molar-refractivity contribution < 1.29 is 4.74 Å². The quantitative estimate of drug-likeness (QED) is 0.169. The third-order valence-corrected chi connectivity index (χ3v) is 10.2. The Kier molecular flexibility index (Phi) is 6.89. The van der Waals surface area contributed by atoms with Gasteiger partial charge in [-0.3, -0.25) is 0 Å². The minimum atomic E-state index is 0.894. The van der Waals surface area contributed by atoms with Gasteiger partial charge in [-0.1, -0.05) is 158 Å². The summed E-state index contributed by atoms with van der Waals surface area (Å²) in [7, 11) is 0. The molecule has 0 saturated heterocycles. The Morgan fingerprint density at radius 2 is 0.706 bits per heavy atom. The molecule has 1 heteroatoms. The van der Waals surface area contributed by atoms with Crippen LogP contribution in [0, 0.1) is 0 Å². The number of ether oxygens (including phenoxy) is 1. The van der Waals surface area contributed by atoms with Crippen LogP contribution in [0.3, 0.4) is 0 Å². The minimum absolute atomic E-state index is 0.894. The van der Waals surface area contributed by atoms with E-state index in [4.69, 9.17) is 4.74 Å². The van der Waals surface area contributed by atoms with Crippen LogP contribution in [-0.2, 0) is 0 Å². The molecule has 0 bridgehead atoms. The molecular formula is C50H32O. The highest BCUT2D eigenvalue weighted by atomic mass is 16.5. The van der Waals surface area contributed by atoms with Gasteiger partial charge in [0, 0.05) is 16.5 Å². The van der Waals surface area contributed by atoms with Crippen LogP contribution in [0.15, 0.2) is 194 Å². The smallest absolute Gasteiger partial charge is 0.144 e. The lowest BCUT2D eigenvalue weighted by Crippen LogP contribution is -2.00. The zero-order valence-corrected chi connectivity index (χ0v) is 27.9. The van der Waals surface area contributed by atoms with Crippen molar-refractivity contribution in [2.24, 2.45) is 0 Å². The molecule has 1 aliphatic heterocycles. The fourth-order valence-electron chi connectivity index (χ4n) is 7.83. The summed E-state index contributed by atoms with van der Waals surface area (Å²) < 4.78 is 6.86. The maximum Gasteiger partial charge on any atom is 0.144 e. The summed E-state index contributed by atoms with van der Waals surface area (Å²) in [5.74, 6) is 1.82. The van der Waals surface area contributed by atoms with Crippen LogP contribution < -0.4 is 4.74 Å². The molecule has 9 aromatic rings. The Morgan fingerprint density at radius 1 is 0.275 bits per heavy atom. The summed E-state index contributed by atoms with van der Waals surface area (Å²) >= 11 is 0. The summed E-state index contributed by atoms with van der Waals surface area (Å²) in [6.45, 7) is 0. The normalized spacial score (nSPS) is 11.7. The molecule has 238 valence electrons. The predicted molar refractivity (Wildman–Crippen MR) is 214 cm³/mol. The molecule has 0 N–H and O–H groups in total. The predicted octanol–water partition coefficient (Wildman–Crippen LogP) is 14.1. The van der Waals surface area contributed by atoms with Gasteiger partial charge in [0.15, 0.2) is 0 Å². The van der Waals surface area contributed by atoms with E-state index in [0.717, 1.165) is 33.8 Å². The van der Waals surface area contributed by atoms with Gasteiger partial charge in [-0.05, 0) is 108 Å². The first-order valence-electron chi connectivity index (χ1n) is 17.5. The van der Waals surface area contributed by atoms with E-state index in [1.165, 1.54) is 66.1 Å². The molecule has 0 aliphatic carbocycles. The van der Waals surface area contributed by atoms with Crippen LogP contribution >= 0.6 is 0 Å². The monoisotopic (exact) mass is 648 g/mol. The van der Waals surface area contributed by atoms with Crippen LogP contribution in [0.4, 0.5) is 0 Å². The van der Waals surface area contributed by atoms with Crippen molar-refractivity contribution in [1.82, 2.24) is 0 Å². The average Bonchev–Trinajstić information content (AvgIpc) is 3.21. The van der Waals surface area contributed by atoms with Crippen molar-refractivity contribution in [2.75, 3.05) is 0 Å². The third kappa shape index (κ3) is 5.02. The van der Waals surface area contributed by atoms with Gasteiger partial charge in [0.2, 0.25) is 0 Å². The second-order valence-corrected chi connectivity index (χ2v) is 13.3. The zero-order valence-electron chi connectivity index (χ0n) is 27.9. The van der Waals surface area contributed by atoms with Crippen molar-refractivity contribution >= 4 is 21.5 Å². The van der Waals surface area contributed by atoms with Gasteiger partial charge in [0.1, 0.15) is 11.5 Å². The van der Waals surface area contributed by atoms with E-state index in [9.17, 15) is 0 Å². The van der Waals surface area contributed by atoms with Gasteiger partial charge in [-0.15, -0.1) is 0 Å². The molecule has 0 amide bonds. The standard InChI is InChI=1S/C50H32O/c1-3-14-33(15-4-1)39-30-40(34-16-5-2-6-17-34)32-41(31-39)37-20-11-18-35(28-37)36-19-12-21-38(29-36)48-44-24-8-7-22-42(44)45-25-13-26-46-43-23-9-10-27-47(43)51-50(48)49(45)46/h1-32H. The Balaban J connectivity index is 1.13. The Labute approximate surface area is 297 Å². The topological polar surface area (TPSA) is 9.23 Å². The summed E-state index contributed by atoms with van der Waals surface area (Å²) in [6.07, 6.45) is 0. The molecule has 1 nitrogen and oxygen atoms in total. The van der Waals surface area contributed by atoms with Gasteiger partial charge in [0.05, 0.1) is 0 Å². The maximum absolute atomic E-state index is 6.86. The molecule has 9 aromatic carbocycles. The largest absolute Gasteiger partial charge is 0.455 e. The molecule has 1 aliphatic rings. The van der Waals surface area contributed by atoms with Crippen LogP contribution in [0.5, 0.6) is 11.5 Å². The van der Waals surface area contributed by atoms with Crippen LogP contribution in [0.2, 0.25) is 0 Å². The molecule has 0 atom stereocenters. The van der Waals surface area contributed by atoms with Crippen LogP contribution in [-0.4, -0.2) is 0 Å². The van der Waals surface area contributed by atoms with Gasteiger partial charge in [0.25, 0.3) is 0 Å². The van der Waals surface area contributed by atoms with Crippen LogP contribution in [0.25, 0.3) is 88.3 Å². The van der Waals surface area contributed by atoms with Crippen LogP contribution in [0.1, 0.15) is 0 Å². The van der Waals surface area contributed by atoms with E-state index >= 15 is 0 Å². The van der Waals surface area contributed by atoms with Gasteiger partial charge in [-0.25, -0.2) is 0 Å². The lowest BCUT2D eigenvalue weighted by Gasteiger charge is -2.25. The average molecular weight is 649 g/mol. The highest BCUT2D eigenvalue weighted by Gasteiger charge is 2.26. The first kappa shape index (κ1) is 29.2. The molecule has 0 unspecified atom stereocenters. The second-order valence-electron chi connectivity index (χ2n) is 13.3. The molecule has 0 fully saturated rings.